The summed E-state index contributed by atoms with van der Waals surface area (Å²) in [5.41, 5.74) is 8.46. The molecule has 0 saturated carbocycles. The highest BCUT2D eigenvalue weighted by molar-refractivity contribution is 6.06. The lowest BCUT2D eigenvalue weighted by Crippen LogP contribution is -2.45. The van der Waals surface area contributed by atoms with E-state index in [1.807, 2.05) is 42.2 Å². The second kappa shape index (κ2) is 5.21. The van der Waals surface area contributed by atoms with Gasteiger partial charge in [-0.2, -0.15) is 0 Å². The van der Waals surface area contributed by atoms with Crippen LogP contribution in [0.1, 0.15) is 28.9 Å². The quantitative estimate of drug-likeness (QED) is 0.862. The van der Waals surface area contributed by atoms with Crippen LogP contribution in [0.3, 0.4) is 0 Å². The normalized spacial score (nSPS) is 19.3. The summed E-state index contributed by atoms with van der Waals surface area (Å²) in [5.74, 6) is 0.0712. The van der Waals surface area contributed by atoms with Crippen molar-refractivity contribution in [1.29, 1.82) is 0 Å². The summed E-state index contributed by atoms with van der Waals surface area (Å²) in [7, 11) is 0. The Morgan fingerprint density at radius 1 is 1.40 bits per heavy atom. The number of amides is 1. The molecule has 104 valence electrons. The number of carbonyl (C=O) groups is 1. The van der Waals surface area contributed by atoms with Gasteiger partial charge in [0.1, 0.15) is 0 Å². The van der Waals surface area contributed by atoms with E-state index >= 15 is 0 Å². The molecule has 1 amide bonds. The second-order valence-corrected chi connectivity index (χ2v) is 5.48. The van der Waals surface area contributed by atoms with E-state index in [-0.39, 0.29) is 11.9 Å². The van der Waals surface area contributed by atoms with Crippen LogP contribution in [-0.4, -0.2) is 34.9 Å². The molecule has 3 rings (SSSR count). The van der Waals surface area contributed by atoms with Gasteiger partial charge in [0.15, 0.2) is 0 Å². The first-order valence-corrected chi connectivity index (χ1v) is 7.06. The molecule has 2 aromatic rings. The number of para-hydroxylation sites is 1. The molecular formula is C16H19N3O. The summed E-state index contributed by atoms with van der Waals surface area (Å²) in [6, 6.07) is 9.77. The molecule has 1 aliphatic heterocycles. The summed E-state index contributed by atoms with van der Waals surface area (Å²) in [4.78, 5) is 19.1. The number of aryl methyl sites for hydroxylation is 1. The van der Waals surface area contributed by atoms with Gasteiger partial charge in [0.25, 0.3) is 5.91 Å². The lowest BCUT2D eigenvalue weighted by atomic mass is 10.0. The van der Waals surface area contributed by atoms with Crippen LogP contribution < -0.4 is 5.73 Å². The van der Waals surface area contributed by atoms with Crippen LogP contribution >= 0.6 is 0 Å². The molecule has 0 spiro atoms. The van der Waals surface area contributed by atoms with Crippen molar-refractivity contribution in [2.75, 3.05) is 13.1 Å². The van der Waals surface area contributed by atoms with Crippen molar-refractivity contribution < 1.29 is 4.79 Å². The monoisotopic (exact) mass is 269 g/mol. The van der Waals surface area contributed by atoms with Gasteiger partial charge in [-0.15, -0.1) is 0 Å². The average Bonchev–Trinajstić information content (AvgIpc) is 2.45. The van der Waals surface area contributed by atoms with Crippen molar-refractivity contribution in [1.82, 2.24) is 9.88 Å². The molecule has 4 nitrogen and oxygen atoms in total. The SMILES string of the molecule is Cc1cc(C(=O)N2CCCC(N)C2)c2ccccc2n1. The van der Waals surface area contributed by atoms with Gasteiger partial charge in [0.05, 0.1) is 11.1 Å². The van der Waals surface area contributed by atoms with Gasteiger partial charge in [-0.25, -0.2) is 0 Å². The number of nitrogens with two attached hydrogens (primary N) is 1. The van der Waals surface area contributed by atoms with E-state index in [0.29, 0.717) is 6.54 Å². The Kier molecular flexibility index (Phi) is 3.40. The number of likely N-dealkylation sites (tertiary alicyclic amines) is 1. The van der Waals surface area contributed by atoms with E-state index in [9.17, 15) is 4.79 Å². The molecule has 1 atom stereocenters. The minimum absolute atomic E-state index is 0.0712. The topological polar surface area (TPSA) is 59.2 Å². The molecule has 1 saturated heterocycles. The first kappa shape index (κ1) is 13.1. The third kappa shape index (κ3) is 2.39. The molecule has 0 aliphatic carbocycles. The molecular weight excluding hydrogens is 250 g/mol. The minimum atomic E-state index is 0.0712. The number of pyridine rings is 1. The highest BCUT2D eigenvalue weighted by atomic mass is 16.2. The number of aromatic nitrogens is 1. The zero-order valence-corrected chi connectivity index (χ0v) is 11.7. The smallest absolute Gasteiger partial charge is 0.254 e. The second-order valence-electron chi connectivity index (χ2n) is 5.48. The van der Waals surface area contributed by atoms with Gasteiger partial charge in [0, 0.05) is 30.2 Å². The summed E-state index contributed by atoms with van der Waals surface area (Å²) in [5, 5.41) is 0.919. The standard InChI is InChI=1S/C16H19N3O/c1-11-9-14(13-6-2-3-7-15(13)18-11)16(20)19-8-4-5-12(17)10-19/h2-3,6-7,9,12H,4-5,8,10,17H2,1H3. The third-order valence-corrected chi connectivity index (χ3v) is 3.82. The van der Waals surface area contributed by atoms with Gasteiger partial charge in [0.2, 0.25) is 0 Å². The summed E-state index contributed by atoms with van der Waals surface area (Å²) in [6.07, 6.45) is 1.98. The number of hydrogen-bond donors (Lipinski definition) is 1. The zero-order chi connectivity index (χ0) is 14.1. The van der Waals surface area contributed by atoms with Crippen molar-refractivity contribution in [2.45, 2.75) is 25.8 Å². The lowest BCUT2D eigenvalue weighted by Gasteiger charge is -2.31. The van der Waals surface area contributed by atoms with Crippen LogP contribution in [0.2, 0.25) is 0 Å². The molecule has 1 aliphatic rings. The molecule has 4 heteroatoms. The Balaban J connectivity index is 2.02. The van der Waals surface area contributed by atoms with Crippen LogP contribution in [0, 0.1) is 6.92 Å². The molecule has 20 heavy (non-hydrogen) atoms. The molecule has 1 aromatic heterocycles. The van der Waals surface area contributed by atoms with Crippen molar-refractivity contribution >= 4 is 16.8 Å². The maximum atomic E-state index is 12.8. The van der Waals surface area contributed by atoms with Crippen LogP contribution in [0.5, 0.6) is 0 Å². The minimum Gasteiger partial charge on any atom is -0.337 e. The Morgan fingerprint density at radius 2 is 2.20 bits per heavy atom. The summed E-state index contributed by atoms with van der Waals surface area (Å²) in [6.45, 7) is 3.36. The molecule has 1 aromatic carbocycles. The fourth-order valence-electron chi connectivity index (χ4n) is 2.85. The Bertz CT molecular complexity index is 653. The number of piperidine rings is 1. The van der Waals surface area contributed by atoms with E-state index in [1.54, 1.807) is 0 Å². The molecule has 2 N–H and O–H groups in total. The number of rotatable bonds is 1. The zero-order valence-electron chi connectivity index (χ0n) is 11.7. The molecule has 1 fully saturated rings. The number of benzene rings is 1. The molecule has 2 heterocycles. The van der Waals surface area contributed by atoms with Crippen molar-refractivity contribution in [2.24, 2.45) is 5.73 Å². The van der Waals surface area contributed by atoms with Gasteiger partial charge in [-0.3, -0.25) is 9.78 Å². The lowest BCUT2D eigenvalue weighted by molar-refractivity contribution is 0.0710. The predicted octanol–water partition coefficient (Wildman–Crippen LogP) is 2.11. The summed E-state index contributed by atoms with van der Waals surface area (Å²) < 4.78 is 0. The van der Waals surface area contributed by atoms with Crippen LogP contribution in [0.15, 0.2) is 30.3 Å². The first-order valence-electron chi connectivity index (χ1n) is 7.06. The van der Waals surface area contributed by atoms with E-state index in [0.717, 1.165) is 41.5 Å². The molecule has 0 bridgehead atoms. The average molecular weight is 269 g/mol. The largest absolute Gasteiger partial charge is 0.337 e. The van der Waals surface area contributed by atoms with E-state index in [1.165, 1.54) is 0 Å². The van der Waals surface area contributed by atoms with Crippen molar-refractivity contribution in [3.63, 3.8) is 0 Å². The highest BCUT2D eigenvalue weighted by Crippen LogP contribution is 2.21. The Labute approximate surface area is 118 Å². The van der Waals surface area contributed by atoms with Crippen molar-refractivity contribution in [3.8, 4) is 0 Å². The number of nitrogens with zero attached hydrogens (tertiary/aromatic N) is 2. The fourth-order valence-corrected chi connectivity index (χ4v) is 2.85. The maximum absolute atomic E-state index is 12.8. The maximum Gasteiger partial charge on any atom is 0.254 e. The van der Waals surface area contributed by atoms with Crippen LogP contribution in [0.25, 0.3) is 10.9 Å². The first-order chi connectivity index (χ1) is 9.65. The Morgan fingerprint density at radius 3 is 3.00 bits per heavy atom. The van der Waals surface area contributed by atoms with Gasteiger partial charge in [-0.1, -0.05) is 18.2 Å². The fraction of sp³-hybridized carbons (Fsp3) is 0.375. The number of hydrogen-bond acceptors (Lipinski definition) is 3. The van der Waals surface area contributed by atoms with E-state index in [2.05, 4.69) is 4.98 Å². The van der Waals surface area contributed by atoms with Crippen LogP contribution in [-0.2, 0) is 0 Å². The van der Waals surface area contributed by atoms with Gasteiger partial charge < -0.3 is 10.6 Å². The highest BCUT2D eigenvalue weighted by Gasteiger charge is 2.23. The Hall–Kier alpha value is -1.94. The van der Waals surface area contributed by atoms with Crippen LogP contribution in [0.4, 0.5) is 0 Å². The van der Waals surface area contributed by atoms with Gasteiger partial charge >= 0.3 is 0 Å². The van der Waals surface area contributed by atoms with Gasteiger partial charge in [-0.05, 0) is 31.9 Å². The molecule has 1 unspecified atom stereocenters. The number of fused-ring (bicyclic) bond motifs is 1. The number of carbonyl (C=O) groups excluding carboxylic acids is 1. The molecule has 0 radical (unpaired) electrons. The van der Waals surface area contributed by atoms with Crippen molar-refractivity contribution in [3.05, 3.63) is 41.6 Å². The predicted molar refractivity (Wildman–Crippen MR) is 79.6 cm³/mol. The van der Waals surface area contributed by atoms with E-state index < -0.39 is 0 Å². The summed E-state index contributed by atoms with van der Waals surface area (Å²) >= 11 is 0. The third-order valence-electron chi connectivity index (χ3n) is 3.82. The van der Waals surface area contributed by atoms with E-state index in [4.69, 9.17) is 5.73 Å².